The molecule has 4 aliphatic heterocycles. The molecule has 0 bridgehead atoms. The second-order valence-corrected chi connectivity index (χ2v) is 29.7. The predicted molar refractivity (Wildman–Crippen MR) is 420 cm³/mol. The van der Waals surface area contributed by atoms with Crippen LogP contribution in [-0.2, 0) is 38.1 Å². The van der Waals surface area contributed by atoms with Gasteiger partial charge in [0.2, 0.25) is 23.6 Å². The van der Waals surface area contributed by atoms with Crippen LogP contribution >= 0.6 is 15.9 Å². The Morgan fingerprint density at radius 3 is 1.11 bits per heavy atom. The molecule has 0 unspecified atom stereocenters. The van der Waals surface area contributed by atoms with Crippen LogP contribution in [0.1, 0.15) is 173 Å². The first kappa shape index (κ1) is 82.2. The zero-order valence-corrected chi connectivity index (χ0v) is 66.3. The molecular weight excluding hydrogens is 1490 g/mol. The van der Waals surface area contributed by atoms with Crippen molar-refractivity contribution >= 4 is 85.5 Å². The maximum atomic E-state index is 13.5. The summed E-state index contributed by atoms with van der Waals surface area (Å²) < 4.78 is 35.4. The van der Waals surface area contributed by atoms with E-state index in [1.807, 2.05) is 103 Å². The summed E-state index contributed by atoms with van der Waals surface area (Å²) in [6.45, 7) is 17.6. The molecule has 0 aliphatic carbocycles. The summed E-state index contributed by atoms with van der Waals surface area (Å²) in [6.07, 6.45) is 16.4. The topological polar surface area (TPSA) is 349 Å². The van der Waals surface area contributed by atoms with Crippen LogP contribution in [0.15, 0.2) is 102 Å². The molecule has 30 heteroatoms. The zero-order valence-electron chi connectivity index (χ0n) is 65.7. The van der Waals surface area contributed by atoms with Gasteiger partial charge in [0.25, 0.3) is 0 Å². The first-order valence-corrected chi connectivity index (χ1v) is 37.9. The van der Waals surface area contributed by atoms with Crippen molar-refractivity contribution in [3.63, 3.8) is 0 Å². The molecule has 4 aliphatic rings. The van der Waals surface area contributed by atoms with E-state index >= 15 is 0 Å². The van der Waals surface area contributed by atoms with E-state index in [1.165, 1.54) is 28.4 Å². The molecular formula is C81H100BrFN16O12. The highest BCUT2D eigenvalue weighted by atomic mass is 79.9. The third kappa shape index (κ3) is 20.6. The van der Waals surface area contributed by atoms with Crippen molar-refractivity contribution in [1.29, 1.82) is 0 Å². The number of imidazole rings is 4. The average molecular weight is 1590 g/mol. The van der Waals surface area contributed by atoms with Gasteiger partial charge in [-0.1, -0.05) is 120 Å². The lowest BCUT2D eigenvalue weighted by Crippen LogP contribution is -2.51. The summed E-state index contributed by atoms with van der Waals surface area (Å²) in [4.78, 5) is 139. The fourth-order valence-corrected chi connectivity index (χ4v) is 14.6. The number of alkyl carbamates (subject to hydrolysis) is 4. The van der Waals surface area contributed by atoms with E-state index in [1.54, 1.807) is 33.3 Å². The number of hydrogen-bond donors (Lipinski definition) is 8. The third-order valence-electron chi connectivity index (χ3n) is 20.1. The minimum atomic E-state index is -1.00. The van der Waals surface area contributed by atoms with Crippen LogP contribution in [0.25, 0.3) is 44.1 Å². The molecule has 8 heterocycles. The summed E-state index contributed by atoms with van der Waals surface area (Å²) in [5.41, 5.74) is 5.85. The van der Waals surface area contributed by atoms with Crippen LogP contribution in [0.4, 0.5) is 23.6 Å². The van der Waals surface area contributed by atoms with Gasteiger partial charge < -0.3 is 79.8 Å². The molecule has 590 valence electrons. The number of benzene rings is 4. The van der Waals surface area contributed by atoms with Crippen LogP contribution in [0, 0.1) is 47.9 Å². The highest BCUT2D eigenvalue weighted by Gasteiger charge is 2.42. The number of methoxy groups -OCH3 is 4. The van der Waals surface area contributed by atoms with Crippen LogP contribution in [0.3, 0.4) is 0 Å². The molecule has 4 aromatic carbocycles. The van der Waals surface area contributed by atoms with Crippen molar-refractivity contribution in [3.8, 4) is 46.7 Å². The van der Waals surface area contributed by atoms with Gasteiger partial charge in [-0.25, -0.2) is 39.1 Å². The van der Waals surface area contributed by atoms with E-state index in [0.717, 1.165) is 111 Å². The molecule has 4 saturated heterocycles. The Hall–Kier alpha value is -11.3. The molecule has 0 spiro atoms. The zero-order chi connectivity index (χ0) is 81.0. The second kappa shape index (κ2) is 38.9. The Bertz CT molecular complexity index is 4730. The number of ether oxygens (including phenoxy) is 4. The summed E-state index contributed by atoms with van der Waals surface area (Å²) in [7, 11) is 4.14. The Kier molecular flexibility index (Phi) is 28.8. The van der Waals surface area contributed by atoms with Crippen LogP contribution in [0.5, 0.6) is 0 Å². The van der Waals surface area contributed by atoms with Gasteiger partial charge in [0.15, 0.2) is 0 Å². The van der Waals surface area contributed by atoms with Crippen molar-refractivity contribution in [2.75, 3.05) is 61.8 Å². The number of H-pyrrole nitrogens is 4. The van der Waals surface area contributed by atoms with Crippen molar-refractivity contribution < 1.29 is 63.1 Å². The molecule has 12 rings (SSSR count). The van der Waals surface area contributed by atoms with Crippen molar-refractivity contribution in [1.82, 2.24) is 80.7 Å². The van der Waals surface area contributed by atoms with Crippen molar-refractivity contribution in [2.45, 2.75) is 155 Å². The lowest BCUT2D eigenvalue weighted by molar-refractivity contribution is -0.136. The first-order chi connectivity index (χ1) is 53.7. The van der Waals surface area contributed by atoms with Gasteiger partial charge in [-0.15, -0.1) is 6.42 Å². The fourth-order valence-electron chi connectivity index (χ4n) is 14.2. The summed E-state index contributed by atoms with van der Waals surface area (Å²) >= 11 is 3.51. The van der Waals surface area contributed by atoms with Gasteiger partial charge in [0.1, 0.15) is 58.9 Å². The number of amides is 8. The number of aromatic nitrogens is 8. The van der Waals surface area contributed by atoms with Crippen molar-refractivity contribution in [3.05, 3.63) is 142 Å². The number of aromatic amines is 4. The van der Waals surface area contributed by atoms with Crippen LogP contribution in [0.2, 0.25) is 0 Å². The highest BCUT2D eigenvalue weighted by molar-refractivity contribution is 9.10. The van der Waals surface area contributed by atoms with Gasteiger partial charge in [-0.3, -0.25) is 23.6 Å². The molecule has 4 fully saturated rings. The quantitative estimate of drug-likeness (QED) is 0.0292. The number of carbonyl (C=O) groups excluding carboxylic acids is 8. The molecule has 111 heavy (non-hydrogen) atoms. The lowest BCUT2D eigenvalue weighted by Gasteiger charge is -2.30. The fraction of sp³-hybridized carbons (Fsp3) is 0.457. The maximum absolute atomic E-state index is 13.5. The number of carbonyl (C=O) groups is 8. The molecule has 4 aromatic heterocycles. The van der Waals surface area contributed by atoms with E-state index in [9.17, 15) is 42.7 Å². The Morgan fingerprint density at radius 1 is 0.459 bits per heavy atom. The number of alkyl halides is 1. The second-order valence-electron chi connectivity index (χ2n) is 28.8. The Morgan fingerprint density at radius 2 is 0.766 bits per heavy atom. The predicted octanol–water partition coefficient (Wildman–Crippen LogP) is 12.5. The number of terminal acetylenes is 1. The molecule has 0 saturated carbocycles. The average Bonchev–Trinajstić information content (AvgIpc) is 1.69. The van der Waals surface area contributed by atoms with E-state index in [0.29, 0.717) is 55.0 Å². The van der Waals surface area contributed by atoms with Crippen LogP contribution < -0.4 is 21.3 Å². The Labute approximate surface area is 655 Å². The molecule has 8 atom stereocenters. The normalized spacial score (nSPS) is 17.7. The molecule has 0 radical (unpaired) electrons. The minimum Gasteiger partial charge on any atom is -0.453 e. The molecule has 8 aromatic rings. The largest absolute Gasteiger partial charge is 0.453 e. The summed E-state index contributed by atoms with van der Waals surface area (Å²) in [5, 5.41) is 15.0. The van der Waals surface area contributed by atoms with Crippen molar-refractivity contribution in [2.24, 2.45) is 23.7 Å². The summed E-state index contributed by atoms with van der Waals surface area (Å²) in [5.74, 6) is 10.9. The van der Waals surface area contributed by atoms with Gasteiger partial charge in [0.05, 0.1) is 97.3 Å². The van der Waals surface area contributed by atoms with E-state index in [-0.39, 0.29) is 71.5 Å². The number of likely N-dealkylation sites (tertiary alicyclic amines) is 4. The monoisotopic (exact) mass is 1590 g/mol. The van der Waals surface area contributed by atoms with Gasteiger partial charge >= 0.3 is 24.4 Å². The Balaban J connectivity index is 0.000000209. The SMILES string of the molecule is C#Cc1cnc([C@@H]2CCCN2C(=O)[C@@H](NC(=O)OC)C(C)C)[nH]1.COC(=O)N[C@H](C(=O)N1CCC[C@H]1c1ncc(-c2ccc3cc(Br)ccc3c2)[nH]1)C(C)C.COC(=O)N[C@H](C(=O)N1CCC[C@H]1c1ncc(C#Cc2ccc3cc(-c4cnc([C@@H]5CCCN5C(=O)[C@@H](NC(=O)OC)C(C)C)[nH]4)ccc3c2)[nH]1)C(C)C.[2H]CF. The van der Waals surface area contributed by atoms with E-state index in [2.05, 4.69) is 136 Å². The number of nitrogens with one attached hydrogen (secondary N) is 8. The standard InChI is InChI=1S/C40H48N8O6.C24H27BrN4O3.C16H22N4O3.CH3F/c1-23(2)33(45-39(51)53-5)37(49)47-17-7-9-31(47)35-41-21-29(43-35)16-12-25-11-13-27-20-28(15-14-26(27)19-25)30-22-42-36(44-30)32-10-8-18-48(32)38(50)34(24(3)4)46-40(52)54-6;1-14(2)21(28-24(31)32-3)23(30)29-10-4-5-20(29)22-26-13-19(27-22)17-7-6-16-12-18(25)9-8-15(16)11-17;1-5-11-9-17-14(18-11)12-7-6-8-20(12)15(21)13(10(2)3)19-16(22)23-4;1-2/h11,13-15,19-24,31-34H,7-10,17-18H2,1-6H3,(H,41,43)(H,42,44)(H,45,51)(H,46,52);6-9,11-14,20-21H,4-5,10H2,1-3H3,(H,26,27)(H,28,31);1,9-10,12-13H,6-8H2,2-4H3,(H,17,18)(H,19,22);1H3/t31-,32-,33-,34-;20-,21-;12-,13-;/m000./s1/i;;;1D. The summed E-state index contributed by atoms with van der Waals surface area (Å²) in [6, 6.07) is 21.3. The molecule has 28 nitrogen and oxygen atoms in total. The van der Waals surface area contributed by atoms with Gasteiger partial charge in [-0.05, 0) is 139 Å². The molecule has 8 amide bonds. The van der Waals surface area contributed by atoms with E-state index in [4.69, 9.17) is 22.0 Å². The minimum absolute atomic E-state index is 0.0549. The number of nitrogens with zero attached hydrogens (tertiary/aromatic N) is 8. The lowest BCUT2D eigenvalue weighted by atomic mass is 10.0. The number of halogens is 2. The van der Waals surface area contributed by atoms with Gasteiger partial charge in [-0.2, -0.15) is 0 Å². The third-order valence-corrected chi connectivity index (χ3v) is 20.6. The number of rotatable bonds is 18. The van der Waals surface area contributed by atoms with E-state index < -0.39 is 55.7 Å². The molecule has 8 N–H and O–H groups in total. The highest BCUT2D eigenvalue weighted by Crippen LogP contribution is 2.38. The van der Waals surface area contributed by atoms with Crippen LogP contribution in [-0.4, -0.2) is 193 Å². The number of fused-ring (bicyclic) bond motifs is 2. The van der Waals surface area contributed by atoms with Gasteiger partial charge in [0, 0.05) is 47.3 Å². The first-order valence-electron chi connectivity index (χ1n) is 37.8. The maximum Gasteiger partial charge on any atom is 0.407 e. The number of hydrogen-bond acceptors (Lipinski definition) is 16. The smallest absolute Gasteiger partial charge is 0.407 e.